The lowest BCUT2D eigenvalue weighted by Gasteiger charge is -2.12. The highest BCUT2D eigenvalue weighted by Gasteiger charge is 2.17. The molecule has 0 aromatic heterocycles. The van der Waals surface area contributed by atoms with Gasteiger partial charge >= 0.3 is 5.97 Å². The van der Waals surface area contributed by atoms with Crippen LogP contribution in [0.3, 0.4) is 0 Å². The van der Waals surface area contributed by atoms with Crippen molar-refractivity contribution in [1.29, 1.82) is 0 Å². The molecule has 0 bridgehead atoms. The van der Waals surface area contributed by atoms with Gasteiger partial charge in [-0.25, -0.2) is 17.6 Å². The van der Waals surface area contributed by atoms with Crippen molar-refractivity contribution in [2.75, 3.05) is 0 Å². The number of nitrogens with two attached hydrogens (primary N) is 1. The van der Waals surface area contributed by atoms with Crippen molar-refractivity contribution in [2.24, 2.45) is 5.73 Å². The zero-order valence-electron chi connectivity index (χ0n) is 12.3. The van der Waals surface area contributed by atoms with Gasteiger partial charge in [-0.05, 0) is 36.3 Å². The van der Waals surface area contributed by atoms with E-state index in [9.17, 15) is 22.4 Å². The quantitative estimate of drug-likeness (QED) is 0.820. The van der Waals surface area contributed by atoms with Crippen LogP contribution in [-0.2, 0) is 4.79 Å². The maximum atomic E-state index is 14.1. The molecule has 0 saturated heterocycles. The first-order chi connectivity index (χ1) is 11.3. The molecule has 2 aromatic rings. The fourth-order valence-electron chi connectivity index (χ4n) is 2.13. The van der Waals surface area contributed by atoms with Crippen LogP contribution < -0.4 is 5.73 Å². The Morgan fingerprint density at radius 1 is 1.00 bits per heavy atom. The lowest BCUT2D eigenvalue weighted by molar-refractivity contribution is -0.138. The molecule has 3 N–H and O–H groups in total. The largest absolute Gasteiger partial charge is 0.480 e. The topological polar surface area (TPSA) is 63.3 Å². The van der Waals surface area contributed by atoms with Crippen LogP contribution >= 0.6 is 0 Å². The summed E-state index contributed by atoms with van der Waals surface area (Å²) < 4.78 is 54.3. The summed E-state index contributed by atoms with van der Waals surface area (Å²) in [5, 5.41) is 8.82. The van der Waals surface area contributed by atoms with Crippen molar-refractivity contribution in [3.05, 3.63) is 76.9 Å². The van der Waals surface area contributed by atoms with E-state index in [0.717, 1.165) is 24.3 Å². The number of carboxylic acids is 1. The molecule has 0 aliphatic heterocycles. The first-order valence-electron chi connectivity index (χ1n) is 6.89. The molecule has 1 unspecified atom stereocenters. The van der Waals surface area contributed by atoms with Gasteiger partial charge in [0.1, 0.15) is 29.3 Å². The molecule has 0 amide bonds. The van der Waals surface area contributed by atoms with Crippen molar-refractivity contribution in [3.63, 3.8) is 0 Å². The van der Waals surface area contributed by atoms with E-state index in [-0.39, 0.29) is 23.1 Å². The Labute approximate surface area is 135 Å². The van der Waals surface area contributed by atoms with Crippen LogP contribution in [0.1, 0.15) is 17.5 Å². The Morgan fingerprint density at radius 3 is 1.83 bits per heavy atom. The number of carbonyl (C=O) groups is 1. The number of benzene rings is 2. The van der Waals surface area contributed by atoms with Gasteiger partial charge in [-0.3, -0.25) is 4.79 Å². The molecule has 2 aromatic carbocycles. The van der Waals surface area contributed by atoms with Crippen LogP contribution in [0.5, 0.6) is 0 Å². The van der Waals surface area contributed by atoms with Crippen LogP contribution in [-0.4, -0.2) is 17.1 Å². The van der Waals surface area contributed by atoms with Gasteiger partial charge in [0.15, 0.2) is 0 Å². The third-order valence-corrected chi connectivity index (χ3v) is 3.34. The van der Waals surface area contributed by atoms with E-state index in [4.69, 9.17) is 10.8 Å². The minimum absolute atomic E-state index is 0.0401. The van der Waals surface area contributed by atoms with E-state index in [1.54, 1.807) is 0 Å². The van der Waals surface area contributed by atoms with Crippen LogP contribution in [0, 0.1) is 23.3 Å². The van der Waals surface area contributed by atoms with E-state index >= 15 is 0 Å². The maximum absolute atomic E-state index is 14.1. The number of carboxylic acid groups (broad SMARTS) is 1. The highest BCUT2D eigenvalue weighted by atomic mass is 19.1. The predicted molar refractivity (Wildman–Crippen MR) is 80.0 cm³/mol. The molecule has 0 heterocycles. The summed E-state index contributed by atoms with van der Waals surface area (Å²) in [7, 11) is 0. The van der Waals surface area contributed by atoms with Crippen LogP contribution in [0.4, 0.5) is 17.6 Å². The summed E-state index contributed by atoms with van der Waals surface area (Å²) in [6.07, 6.45) is 1.00. The van der Waals surface area contributed by atoms with Gasteiger partial charge in [-0.2, -0.15) is 0 Å². The normalized spacial score (nSPS) is 11.9. The second-order valence-electron chi connectivity index (χ2n) is 5.05. The first-order valence-corrected chi connectivity index (χ1v) is 6.89. The molecule has 0 aliphatic rings. The fraction of sp³-hybridized carbons (Fsp3) is 0.118. The molecule has 7 heteroatoms. The second-order valence-corrected chi connectivity index (χ2v) is 5.05. The van der Waals surface area contributed by atoms with Gasteiger partial charge in [-0.1, -0.05) is 6.08 Å². The Balaban J connectivity index is 2.56. The lowest BCUT2D eigenvalue weighted by Crippen LogP contribution is -2.29. The third kappa shape index (κ3) is 3.99. The Morgan fingerprint density at radius 2 is 1.46 bits per heavy atom. The molecule has 0 fully saturated rings. The Hall–Kier alpha value is -2.67. The Bertz CT molecular complexity index is 752. The van der Waals surface area contributed by atoms with E-state index in [1.165, 1.54) is 6.08 Å². The van der Waals surface area contributed by atoms with Gasteiger partial charge in [0, 0.05) is 23.3 Å². The Kier molecular flexibility index (Phi) is 5.35. The van der Waals surface area contributed by atoms with Crippen LogP contribution in [0.2, 0.25) is 0 Å². The molecule has 0 saturated carbocycles. The third-order valence-electron chi connectivity index (χ3n) is 3.34. The highest BCUT2D eigenvalue weighted by molar-refractivity contribution is 5.81. The van der Waals surface area contributed by atoms with Crippen LogP contribution in [0.15, 0.2) is 42.5 Å². The second kappa shape index (κ2) is 7.27. The summed E-state index contributed by atoms with van der Waals surface area (Å²) in [5.41, 5.74) is 5.05. The van der Waals surface area contributed by atoms with E-state index in [1.807, 2.05) is 0 Å². The molecule has 126 valence electrons. The smallest absolute Gasteiger partial charge is 0.320 e. The van der Waals surface area contributed by atoms with Crippen molar-refractivity contribution in [2.45, 2.75) is 12.5 Å². The summed E-state index contributed by atoms with van der Waals surface area (Å²) >= 11 is 0. The van der Waals surface area contributed by atoms with Crippen molar-refractivity contribution < 1.29 is 27.5 Å². The standard InChI is InChI=1S/C17H13F4NO2/c18-9-1-3-12(14(20)7-9)11(5-6-16(22)17(23)24)13-4-2-10(19)8-15(13)21/h1-5,7-8,16H,6,22H2,(H,23,24). The zero-order chi connectivity index (χ0) is 17.9. The van der Waals surface area contributed by atoms with Crippen molar-refractivity contribution >= 4 is 11.5 Å². The molecule has 0 spiro atoms. The number of halogens is 4. The summed E-state index contributed by atoms with van der Waals surface area (Å²) in [6.45, 7) is 0. The van der Waals surface area contributed by atoms with Gasteiger partial charge < -0.3 is 10.8 Å². The van der Waals surface area contributed by atoms with Gasteiger partial charge in [0.2, 0.25) is 0 Å². The lowest BCUT2D eigenvalue weighted by atomic mass is 9.95. The SMILES string of the molecule is NC(CC=C(c1ccc(F)cc1F)c1ccc(F)cc1F)C(=O)O. The monoisotopic (exact) mass is 339 g/mol. The van der Waals surface area contributed by atoms with E-state index in [0.29, 0.717) is 12.1 Å². The molecule has 3 nitrogen and oxygen atoms in total. The van der Waals surface area contributed by atoms with E-state index < -0.39 is 35.3 Å². The summed E-state index contributed by atoms with van der Waals surface area (Å²) in [6, 6.07) is 4.07. The minimum atomic E-state index is -1.29. The molecule has 24 heavy (non-hydrogen) atoms. The van der Waals surface area contributed by atoms with Gasteiger partial charge in [0.05, 0.1) is 0 Å². The van der Waals surface area contributed by atoms with Gasteiger partial charge in [-0.15, -0.1) is 0 Å². The number of aliphatic carboxylic acids is 1. The van der Waals surface area contributed by atoms with Crippen LogP contribution in [0.25, 0.3) is 5.57 Å². The average Bonchev–Trinajstić information content (AvgIpc) is 2.50. The van der Waals surface area contributed by atoms with Crippen molar-refractivity contribution in [1.82, 2.24) is 0 Å². The molecule has 0 radical (unpaired) electrons. The zero-order valence-corrected chi connectivity index (χ0v) is 12.3. The van der Waals surface area contributed by atoms with Crippen molar-refractivity contribution in [3.8, 4) is 0 Å². The number of hydrogen-bond acceptors (Lipinski definition) is 2. The summed E-state index contributed by atoms with van der Waals surface area (Å²) in [4.78, 5) is 10.8. The number of hydrogen-bond donors (Lipinski definition) is 2. The van der Waals surface area contributed by atoms with Gasteiger partial charge in [0.25, 0.3) is 0 Å². The molecule has 2 rings (SSSR count). The number of rotatable bonds is 5. The predicted octanol–water partition coefficient (Wildman–Crippen LogP) is 3.48. The summed E-state index contributed by atoms with van der Waals surface area (Å²) in [5.74, 6) is -4.86. The molecule has 1 atom stereocenters. The first kappa shape index (κ1) is 17.7. The minimum Gasteiger partial charge on any atom is -0.480 e. The maximum Gasteiger partial charge on any atom is 0.320 e. The molecular formula is C17H13F4NO2. The highest BCUT2D eigenvalue weighted by Crippen LogP contribution is 2.29. The fourth-order valence-corrected chi connectivity index (χ4v) is 2.13. The van der Waals surface area contributed by atoms with E-state index in [2.05, 4.69) is 0 Å². The average molecular weight is 339 g/mol. The molecular weight excluding hydrogens is 326 g/mol. The molecule has 0 aliphatic carbocycles.